The van der Waals surface area contributed by atoms with Crippen molar-refractivity contribution in [2.75, 3.05) is 6.61 Å². The quantitative estimate of drug-likeness (QED) is 0.678. The van der Waals surface area contributed by atoms with Gasteiger partial charge in [-0.1, -0.05) is 19.4 Å². The number of ketones is 2. The molecule has 0 saturated heterocycles. The van der Waals surface area contributed by atoms with Crippen molar-refractivity contribution in [3.05, 3.63) is 11.6 Å². The maximum atomic E-state index is 14.3. The van der Waals surface area contributed by atoms with Crippen molar-refractivity contribution in [1.82, 2.24) is 0 Å². The maximum absolute atomic E-state index is 14.3. The summed E-state index contributed by atoms with van der Waals surface area (Å²) in [5.74, 6) is -1.15. The molecule has 0 aromatic carbocycles. The van der Waals surface area contributed by atoms with E-state index in [-0.39, 0.29) is 37.0 Å². The highest BCUT2D eigenvalue weighted by molar-refractivity contribution is 5.95. The average Bonchev–Trinajstić information content (AvgIpc) is 2.87. The summed E-state index contributed by atoms with van der Waals surface area (Å²) in [5, 5.41) is 31.7. The lowest BCUT2D eigenvalue weighted by molar-refractivity contribution is -0.183. The fourth-order valence-corrected chi connectivity index (χ4v) is 7.31. The van der Waals surface area contributed by atoms with Crippen molar-refractivity contribution in [2.45, 2.75) is 70.2 Å². The third-order valence-corrected chi connectivity index (χ3v) is 8.66. The molecule has 4 aliphatic carbocycles. The Morgan fingerprint density at radius 2 is 2.00 bits per heavy atom. The van der Waals surface area contributed by atoms with Gasteiger partial charge >= 0.3 is 0 Å². The third kappa shape index (κ3) is 2.33. The second-order valence-electron chi connectivity index (χ2n) is 9.67. The zero-order valence-electron chi connectivity index (χ0n) is 15.9. The van der Waals surface area contributed by atoms with Crippen molar-refractivity contribution < 1.29 is 29.3 Å². The van der Waals surface area contributed by atoms with Crippen LogP contribution in [-0.4, -0.2) is 51.4 Å². The van der Waals surface area contributed by atoms with Crippen LogP contribution in [0.25, 0.3) is 0 Å². The van der Waals surface area contributed by atoms with Gasteiger partial charge in [0.25, 0.3) is 0 Å². The number of fused-ring (bicyclic) bond motifs is 5. The van der Waals surface area contributed by atoms with Crippen LogP contribution in [0, 0.1) is 28.6 Å². The van der Waals surface area contributed by atoms with Crippen LogP contribution in [0.1, 0.15) is 52.4 Å². The Kier molecular flexibility index (Phi) is 4.23. The van der Waals surface area contributed by atoms with Crippen molar-refractivity contribution in [1.29, 1.82) is 0 Å². The van der Waals surface area contributed by atoms with Crippen LogP contribution >= 0.6 is 0 Å². The molecule has 0 aliphatic heterocycles. The van der Waals surface area contributed by atoms with E-state index in [0.717, 1.165) is 12.0 Å². The Morgan fingerprint density at radius 1 is 1.30 bits per heavy atom. The third-order valence-electron chi connectivity index (χ3n) is 8.66. The largest absolute Gasteiger partial charge is 0.393 e. The molecule has 0 heterocycles. The van der Waals surface area contributed by atoms with Gasteiger partial charge in [-0.25, -0.2) is 4.39 Å². The van der Waals surface area contributed by atoms with E-state index >= 15 is 0 Å². The summed E-state index contributed by atoms with van der Waals surface area (Å²) >= 11 is 0. The number of hydrogen-bond acceptors (Lipinski definition) is 5. The van der Waals surface area contributed by atoms with Crippen LogP contribution in [-0.2, 0) is 9.59 Å². The van der Waals surface area contributed by atoms with Gasteiger partial charge in [0.2, 0.25) is 0 Å². The van der Waals surface area contributed by atoms with Gasteiger partial charge in [0.05, 0.1) is 6.10 Å². The van der Waals surface area contributed by atoms with Gasteiger partial charge < -0.3 is 15.3 Å². The number of carbonyl (C=O) groups excluding carboxylic acids is 2. The van der Waals surface area contributed by atoms with E-state index in [9.17, 15) is 29.3 Å². The van der Waals surface area contributed by atoms with E-state index in [4.69, 9.17) is 0 Å². The number of allylic oxidation sites excluding steroid dienone is 1. The van der Waals surface area contributed by atoms with Gasteiger partial charge in [0.1, 0.15) is 12.2 Å². The van der Waals surface area contributed by atoms with E-state index in [1.54, 1.807) is 0 Å². The highest BCUT2D eigenvalue weighted by Crippen LogP contribution is 2.67. The van der Waals surface area contributed by atoms with E-state index < -0.39 is 46.9 Å². The smallest absolute Gasteiger partial charge is 0.190 e. The molecule has 0 spiro atoms. The Balaban J connectivity index is 1.74. The molecule has 27 heavy (non-hydrogen) atoms. The Labute approximate surface area is 158 Å². The molecule has 0 aromatic heterocycles. The Bertz CT molecular complexity index is 719. The van der Waals surface area contributed by atoms with Crippen LogP contribution in [0.2, 0.25) is 0 Å². The molecule has 3 saturated carbocycles. The number of rotatable bonds is 2. The first-order valence-electron chi connectivity index (χ1n) is 10.0. The topological polar surface area (TPSA) is 94.8 Å². The minimum Gasteiger partial charge on any atom is -0.393 e. The molecule has 4 aliphatic rings. The molecule has 5 nitrogen and oxygen atoms in total. The number of hydrogen-bond donors (Lipinski definition) is 3. The molecule has 150 valence electrons. The van der Waals surface area contributed by atoms with Crippen LogP contribution < -0.4 is 0 Å². The van der Waals surface area contributed by atoms with Crippen molar-refractivity contribution in [3.8, 4) is 0 Å². The molecule has 3 N–H and O–H groups in total. The number of Topliss-reactive ketones (excluding diaryl/α,β-unsaturated/α-hetero) is 1. The monoisotopic (exact) mass is 380 g/mol. The molecule has 0 radical (unpaired) electrons. The van der Waals surface area contributed by atoms with E-state index in [1.807, 2.05) is 13.8 Å². The second kappa shape index (κ2) is 5.94. The van der Waals surface area contributed by atoms with Crippen LogP contribution in [0.4, 0.5) is 4.39 Å². The number of alkyl halides is 1. The first-order valence-corrected chi connectivity index (χ1v) is 10.0. The molecule has 3 fully saturated rings. The number of aliphatic hydroxyl groups is 3. The molecular formula is C21H29FO5. The zero-order valence-corrected chi connectivity index (χ0v) is 15.9. The van der Waals surface area contributed by atoms with Crippen molar-refractivity contribution >= 4 is 11.6 Å². The van der Waals surface area contributed by atoms with Gasteiger partial charge in [-0.15, -0.1) is 0 Å². The summed E-state index contributed by atoms with van der Waals surface area (Å²) in [4.78, 5) is 24.2. The summed E-state index contributed by atoms with van der Waals surface area (Å²) in [6.45, 7) is 3.10. The van der Waals surface area contributed by atoms with Gasteiger partial charge in [-0.05, 0) is 67.8 Å². The average molecular weight is 380 g/mol. The molecule has 6 heteroatoms. The minimum absolute atomic E-state index is 0.0282. The SMILES string of the molecule is C[C@]12CC(F)C(=O)C=C1CC[C@@H]1[C@@H]2[C@@H](O)C[C@@]2(C)[C@H]1CC[C@]2(O)C(=O)CO. The summed E-state index contributed by atoms with van der Waals surface area (Å²) < 4.78 is 14.3. The highest BCUT2D eigenvalue weighted by Gasteiger charge is 2.68. The molecule has 0 bridgehead atoms. The summed E-state index contributed by atoms with van der Waals surface area (Å²) in [6, 6.07) is 0. The predicted molar refractivity (Wildman–Crippen MR) is 95.4 cm³/mol. The summed E-state index contributed by atoms with van der Waals surface area (Å²) in [7, 11) is 0. The fraction of sp³-hybridized carbons (Fsp3) is 0.810. The first kappa shape index (κ1) is 19.2. The van der Waals surface area contributed by atoms with Gasteiger partial charge in [0.15, 0.2) is 17.7 Å². The lowest BCUT2D eigenvalue weighted by atomic mass is 9.45. The molecule has 1 unspecified atom stereocenters. The molecular weight excluding hydrogens is 351 g/mol. The lowest BCUT2D eigenvalue weighted by Crippen LogP contribution is -2.62. The molecule has 8 atom stereocenters. The number of aliphatic hydroxyl groups excluding tert-OH is 2. The normalized spacial score (nSPS) is 51.9. The predicted octanol–water partition coefficient (Wildman–Crippen LogP) is 1.73. The second-order valence-corrected chi connectivity index (χ2v) is 9.67. The highest BCUT2D eigenvalue weighted by atomic mass is 19.1. The molecule has 0 aromatic rings. The summed E-state index contributed by atoms with van der Waals surface area (Å²) in [6.07, 6.45) is 1.85. The Hall–Kier alpha value is -1.11. The molecule has 4 rings (SSSR count). The zero-order chi connectivity index (χ0) is 19.8. The van der Waals surface area contributed by atoms with Crippen LogP contribution in [0.5, 0.6) is 0 Å². The van der Waals surface area contributed by atoms with E-state index in [0.29, 0.717) is 12.8 Å². The number of carbonyl (C=O) groups is 2. The van der Waals surface area contributed by atoms with E-state index in [1.165, 1.54) is 6.08 Å². The number of halogens is 1. The molecule has 0 amide bonds. The van der Waals surface area contributed by atoms with Crippen LogP contribution in [0.15, 0.2) is 11.6 Å². The van der Waals surface area contributed by atoms with Gasteiger partial charge in [-0.3, -0.25) is 9.59 Å². The standard InChI is InChI=1S/C21H29FO5/c1-19-8-14(22)15(24)7-11(19)3-4-12-13-5-6-21(27,17(26)10-23)20(13,2)9-16(25)18(12)19/h7,12-14,16,18,23,25,27H,3-6,8-10H2,1-2H3/t12-,13-,14?,16-,18+,19-,20-,21-/m0/s1. The van der Waals surface area contributed by atoms with Crippen LogP contribution in [0.3, 0.4) is 0 Å². The Morgan fingerprint density at radius 3 is 2.67 bits per heavy atom. The summed E-state index contributed by atoms with van der Waals surface area (Å²) in [5.41, 5.74) is -2.06. The van der Waals surface area contributed by atoms with Gasteiger partial charge in [0, 0.05) is 5.41 Å². The van der Waals surface area contributed by atoms with Crippen molar-refractivity contribution in [2.24, 2.45) is 28.6 Å². The maximum Gasteiger partial charge on any atom is 0.190 e. The van der Waals surface area contributed by atoms with Gasteiger partial charge in [-0.2, -0.15) is 0 Å². The van der Waals surface area contributed by atoms with E-state index in [2.05, 4.69) is 0 Å². The minimum atomic E-state index is -1.62. The lowest BCUT2D eigenvalue weighted by Gasteiger charge is -2.60. The first-order chi connectivity index (χ1) is 12.6. The fourth-order valence-electron chi connectivity index (χ4n) is 7.31. The van der Waals surface area contributed by atoms with Crippen molar-refractivity contribution in [3.63, 3.8) is 0 Å².